The van der Waals surface area contributed by atoms with Crippen molar-refractivity contribution in [2.45, 2.75) is 31.6 Å². The van der Waals surface area contributed by atoms with Gasteiger partial charge in [-0.1, -0.05) is 6.07 Å². The zero-order chi connectivity index (χ0) is 18.8. The summed E-state index contributed by atoms with van der Waals surface area (Å²) in [5, 5.41) is 3.45. The Labute approximate surface area is 163 Å². The minimum absolute atomic E-state index is 0.154. The van der Waals surface area contributed by atoms with Crippen molar-refractivity contribution >= 4 is 27.5 Å². The van der Waals surface area contributed by atoms with E-state index in [0.29, 0.717) is 11.8 Å². The topological polar surface area (TPSA) is 32.8 Å². The van der Waals surface area contributed by atoms with Gasteiger partial charge in [0.2, 0.25) is 0 Å². The van der Waals surface area contributed by atoms with Crippen LogP contribution < -0.4 is 0 Å². The third-order valence-electron chi connectivity index (χ3n) is 6.06. The molecule has 4 rings (SSSR count). The number of ether oxygens (including phenoxy) is 1. The molecule has 3 heterocycles. The molecule has 0 bridgehead atoms. The molecule has 0 saturated carbocycles. The first kappa shape index (κ1) is 18.7. The van der Waals surface area contributed by atoms with E-state index in [0.717, 1.165) is 56.7 Å². The van der Waals surface area contributed by atoms with E-state index in [1.165, 1.54) is 24.5 Å². The summed E-state index contributed by atoms with van der Waals surface area (Å²) in [4.78, 5) is 16.2. The van der Waals surface area contributed by atoms with Gasteiger partial charge in [0.1, 0.15) is 5.82 Å². The van der Waals surface area contributed by atoms with Crippen LogP contribution in [-0.2, 0) is 4.74 Å². The fraction of sp³-hybridized carbons (Fsp3) is 0.571. The van der Waals surface area contributed by atoms with E-state index in [2.05, 4.69) is 10.3 Å². The number of piperidine rings is 2. The number of amides is 1. The fourth-order valence-electron chi connectivity index (χ4n) is 4.64. The number of carbonyl (C=O) groups is 1. The lowest BCUT2D eigenvalue weighted by atomic mass is 9.88. The molecule has 1 atom stereocenters. The minimum Gasteiger partial charge on any atom is -0.453 e. The van der Waals surface area contributed by atoms with E-state index < -0.39 is 0 Å². The normalized spacial score (nSPS) is 22.3. The van der Waals surface area contributed by atoms with E-state index >= 15 is 0 Å². The first-order chi connectivity index (χ1) is 13.1. The van der Waals surface area contributed by atoms with Gasteiger partial charge in [-0.3, -0.25) is 0 Å². The molecule has 6 heteroatoms. The molecule has 146 valence electrons. The van der Waals surface area contributed by atoms with Gasteiger partial charge in [0, 0.05) is 24.3 Å². The predicted octanol–water partition coefficient (Wildman–Crippen LogP) is 4.70. The van der Waals surface area contributed by atoms with Gasteiger partial charge in [-0.05, 0) is 79.1 Å². The number of likely N-dealkylation sites (tertiary alicyclic amines) is 2. The number of nitrogens with zero attached hydrogens (tertiary/aromatic N) is 2. The molecule has 27 heavy (non-hydrogen) atoms. The summed E-state index contributed by atoms with van der Waals surface area (Å²) in [6, 6.07) is 5.16. The summed E-state index contributed by atoms with van der Waals surface area (Å²) in [5.74, 6) is 0.955. The van der Waals surface area contributed by atoms with Crippen molar-refractivity contribution in [1.29, 1.82) is 0 Å². The Kier molecular flexibility index (Phi) is 5.64. The van der Waals surface area contributed by atoms with Gasteiger partial charge in [0.05, 0.1) is 7.11 Å². The number of rotatable bonds is 3. The van der Waals surface area contributed by atoms with Crippen LogP contribution in [-0.4, -0.2) is 55.7 Å². The van der Waals surface area contributed by atoms with Crippen molar-refractivity contribution in [3.8, 4) is 0 Å². The van der Waals surface area contributed by atoms with Crippen molar-refractivity contribution in [3.63, 3.8) is 0 Å². The number of methoxy groups -OCH3 is 1. The third-order valence-corrected chi connectivity index (χ3v) is 7.03. The Bertz CT molecular complexity index is 801. The SMILES string of the molecule is COC(=O)N1CCCC(CN2CCC(c3csc4cc(F)ccc34)CC2)C1. The first-order valence-electron chi connectivity index (χ1n) is 9.86. The maximum atomic E-state index is 13.4. The van der Waals surface area contributed by atoms with Crippen LogP contribution in [0.15, 0.2) is 23.6 Å². The van der Waals surface area contributed by atoms with E-state index in [1.54, 1.807) is 23.5 Å². The molecule has 2 aromatic rings. The lowest BCUT2D eigenvalue weighted by molar-refractivity contribution is 0.0877. The molecule has 1 unspecified atom stereocenters. The summed E-state index contributed by atoms with van der Waals surface area (Å²) in [6.07, 6.45) is 4.36. The van der Waals surface area contributed by atoms with Crippen molar-refractivity contribution in [2.24, 2.45) is 5.92 Å². The standard InChI is InChI=1S/C21H27FN2O2S/c1-26-21(25)24-8-2-3-15(13-24)12-23-9-6-16(7-10-23)19-14-27-20-11-17(22)4-5-18(19)20/h4-5,11,14-16H,2-3,6-10,12-13H2,1H3. The summed E-state index contributed by atoms with van der Waals surface area (Å²) in [7, 11) is 1.46. The Morgan fingerprint density at radius 2 is 2.07 bits per heavy atom. The highest BCUT2D eigenvalue weighted by atomic mass is 32.1. The quantitative estimate of drug-likeness (QED) is 0.762. The van der Waals surface area contributed by atoms with Gasteiger partial charge in [-0.2, -0.15) is 0 Å². The van der Waals surface area contributed by atoms with Gasteiger partial charge in [-0.15, -0.1) is 11.3 Å². The van der Waals surface area contributed by atoms with Gasteiger partial charge in [0.25, 0.3) is 0 Å². The Hall–Kier alpha value is -1.66. The molecule has 4 nitrogen and oxygen atoms in total. The molecule has 0 spiro atoms. The highest BCUT2D eigenvalue weighted by Gasteiger charge is 2.28. The molecule has 0 radical (unpaired) electrons. The largest absolute Gasteiger partial charge is 0.453 e. The van der Waals surface area contributed by atoms with Crippen LogP contribution in [0.2, 0.25) is 0 Å². The van der Waals surface area contributed by atoms with Crippen molar-refractivity contribution in [3.05, 3.63) is 35.0 Å². The highest BCUT2D eigenvalue weighted by Crippen LogP contribution is 2.37. The lowest BCUT2D eigenvalue weighted by Crippen LogP contribution is -2.45. The van der Waals surface area contributed by atoms with Crippen LogP contribution in [0.4, 0.5) is 9.18 Å². The van der Waals surface area contributed by atoms with Gasteiger partial charge < -0.3 is 14.5 Å². The van der Waals surface area contributed by atoms with Crippen LogP contribution in [0.5, 0.6) is 0 Å². The zero-order valence-electron chi connectivity index (χ0n) is 15.8. The molecule has 2 aliphatic rings. The molecule has 1 aromatic heterocycles. The molecule has 0 aliphatic carbocycles. The van der Waals surface area contributed by atoms with Gasteiger partial charge >= 0.3 is 6.09 Å². The molecule has 1 amide bonds. The highest BCUT2D eigenvalue weighted by molar-refractivity contribution is 7.17. The number of thiophene rings is 1. The number of halogens is 1. The number of hydrogen-bond acceptors (Lipinski definition) is 4. The molecule has 0 N–H and O–H groups in total. The summed E-state index contributed by atoms with van der Waals surface area (Å²) >= 11 is 1.65. The van der Waals surface area contributed by atoms with E-state index in [4.69, 9.17) is 4.74 Å². The van der Waals surface area contributed by atoms with Gasteiger partial charge in [-0.25, -0.2) is 9.18 Å². The zero-order valence-corrected chi connectivity index (χ0v) is 16.6. The summed E-state index contributed by atoms with van der Waals surface area (Å²) < 4.78 is 19.4. The Morgan fingerprint density at radius 1 is 1.26 bits per heavy atom. The number of hydrogen-bond donors (Lipinski definition) is 0. The van der Waals surface area contributed by atoms with E-state index in [9.17, 15) is 9.18 Å². The smallest absolute Gasteiger partial charge is 0.409 e. The lowest BCUT2D eigenvalue weighted by Gasteiger charge is -2.37. The summed E-state index contributed by atoms with van der Waals surface area (Å²) in [5.41, 5.74) is 1.39. The average molecular weight is 391 g/mol. The maximum absolute atomic E-state index is 13.4. The second-order valence-electron chi connectivity index (χ2n) is 7.83. The van der Waals surface area contributed by atoms with E-state index in [-0.39, 0.29) is 11.9 Å². The maximum Gasteiger partial charge on any atom is 0.409 e. The van der Waals surface area contributed by atoms with Crippen LogP contribution in [0.25, 0.3) is 10.1 Å². The fourth-order valence-corrected chi connectivity index (χ4v) is 5.71. The van der Waals surface area contributed by atoms with Crippen molar-refractivity contribution in [2.75, 3.05) is 39.8 Å². The second kappa shape index (κ2) is 8.15. The molecule has 2 saturated heterocycles. The third kappa shape index (κ3) is 4.11. The van der Waals surface area contributed by atoms with Crippen LogP contribution in [0.1, 0.15) is 37.2 Å². The minimum atomic E-state index is -0.195. The van der Waals surface area contributed by atoms with Crippen LogP contribution >= 0.6 is 11.3 Å². The van der Waals surface area contributed by atoms with Crippen molar-refractivity contribution < 1.29 is 13.9 Å². The number of fused-ring (bicyclic) bond motifs is 1. The number of carbonyl (C=O) groups excluding carboxylic acids is 1. The van der Waals surface area contributed by atoms with E-state index in [1.807, 2.05) is 11.0 Å². The summed E-state index contributed by atoms with van der Waals surface area (Å²) in [6.45, 7) is 4.88. The molecule has 2 aliphatic heterocycles. The van der Waals surface area contributed by atoms with Crippen LogP contribution in [0, 0.1) is 11.7 Å². The number of benzene rings is 1. The Morgan fingerprint density at radius 3 is 2.85 bits per heavy atom. The van der Waals surface area contributed by atoms with Crippen LogP contribution in [0.3, 0.4) is 0 Å². The monoisotopic (exact) mass is 390 g/mol. The molecular formula is C21H27FN2O2S. The molecule has 2 fully saturated rings. The predicted molar refractivity (Wildman–Crippen MR) is 107 cm³/mol. The van der Waals surface area contributed by atoms with Gasteiger partial charge in [0.15, 0.2) is 0 Å². The average Bonchev–Trinajstić information content (AvgIpc) is 3.11. The molecule has 1 aromatic carbocycles. The van der Waals surface area contributed by atoms with Crippen molar-refractivity contribution in [1.82, 2.24) is 9.80 Å². The first-order valence-corrected chi connectivity index (χ1v) is 10.7. The Balaban J connectivity index is 1.33. The second-order valence-corrected chi connectivity index (χ2v) is 8.74. The molecular weight excluding hydrogens is 363 g/mol.